The zero-order valence-electron chi connectivity index (χ0n) is 14.0. The summed E-state index contributed by atoms with van der Waals surface area (Å²) in [6.45, 7) is 0.954. The molecule has 4 heteroatoms. The Bertz CT molecular complexity index is 227. The monoisotopic (exact) mass is 327 g/mol. The van der Waals surface area contributed by atoms with E-state index in [0.717, 1.165) is 34.8 Å². The maximum atomic E-state index is 5.75. The molecule has 1 radical (unpaired) electrons. The third kappa shape index (κ3) is 6.55. The van der Waals surface area contributed by atoms with Gasteiger partial charge < -0.3 is 8.54 Å². The van der Waals surface area contributed by atoms with Crippen molar-refractivity contribution >= 4 is 20.5 Å². The third-order valence-electron chi connectivity index (χ3n) is 5.74. The van der Waals surface area contributed by atoms with Crippen molar-refractivity contribution in [3.05, 3.63) is 0 Å². The molecule has 0 N–H and O–H groups in total. The van der Waals surface area contributed by atoms with Crippen LogP contribution >= 0.6 is 0 Å². The summed E-state index contributed by atoms with van der Waals surface area (Å²) in [6.07, 6.45) is 19.1. The van der Waals surface area contributed by atoms with E-state index < -0.39 is 0 Å². The van der Waals surface area contributed by atoms with Crippen LogP contribution in [-0.2, 0) is 8.54 Å². The van der Waals surface area contributed by atoms with E-state index >= 15 is 0 Å². The van der Waals surface area contributed by atoms with Crippen molar-refractivity contribution in [3.63, 3.8) is 0 Å². The van der Waals surface area contributed by atoms with Gasteiger partial charge >= 0.3 is 10.0 Å². The molecule has 2 saturated carbocycles. The van der Waals surface area contributed by atoms with E-state index in [9.17, 15) is 0 Å². The molecule has 2 nitrogen and oxygen atoms in total. The van der Waals surface area contributed by atoms with Crippen LogP contribution in [0, 0.1) is 17.8 Å². The lowest BCUT2D eigenvalue weighted by molar-refractivity contribution is 0.144. The average Bonchev–Trinajstić information content (AvgIpc) is 2.92. The largest absolute Gasteiger partial charge is 0.446 e. The maximum Gasteiger partial charge on any atom is 0.353 e. The number of hydrogen-bond donors (Lipinski definition) is 0. The van der Waals surface area contributed by atoms with E-state index in [-0.39, 0.29) is 10.0 Å². The lowest BCUT2D eigenvalue weighted by Gasteiger charge is -2.33. The normalized spacial score (nSPS) is 23.3. The second kappa shape index (κ2) is 11.0. The fourth-order valence-corrected chi connectivity index (χ4v) is 5.43. The Kier molecular flexibility index (Phi) is 9.25. The Morgan fingerprint density at radius 1 is 0.810 bits per heavy atom. The molecular formula is C17H35O2Si2. The molecule has 2 rings (SSSR count). The van der Waals surface area contributed by atoms with Gasteiger partial charge in [-0.3, -0.25) is 0 Å². The van der Waals surface area contributed by atoms with E-state index in [0.29, 0.717) is 0 Å². The van der Waals surface area contributed by atoms with Crippen molar-refractivity contribution in [3.8, 4) is 0 Å². The van der Waals surface area contributed by atoms with E-state index in [1.165, 1.54) is 83.5 Å². The zero-order chi connectivity index (χ0) is 14.8. The minimum Gasteiger partial charge on any atom is -0.446 e. The molecule has 2 fully saturated rings. The Balaban J connectivity index is 1.90. The predicted octanol–water partition coefficient (Wildman–Crippen LogP) is 3.51. The summed E-state index contributed by atoms with van der Waals surface area (Å²) in [4.78, 5) is 0. The van der Waals surface area contributed by atoms with Crippen LogP contribution < -0.4 is 0 Å². The fraction of sp³-hybridized carbons (Fsp3) is 1.00. The van der Waals surface area contributed by atoms with Crippen LogP contribution in [0.4, 0.5) is 0 Å². The van der Waals surface area contributed by atoms with Gasteiger partial charge in [-0.15, -0.1) is 0 Å². The molecule has 0 unspecified atom stereocenters. The summed E-state index contributed by atoms with van der Waals surface area (Å²) < 4.78 is 11.0. The highest BCUT2D eigenvalue weighted by atomic mass is 28.3. The first-order valence-electron chi connectivity index (χ1n) is 9.38. The van der Waals surface area contributed by atoms with Crippen LogP contribution in [0.2, 0.25) is 0 Å². The average molecular weight is 328 g/mol. The van der Waals surface area contributed by atoms with Gasteiger partial charge in [0.25, 0.3) is 0 Å². The smallest absolute Gasteiger partial charge is 0.353 e. The molecular weight excluding hydrogens is 292 g/mol. The summed E-state index contributed by atoms with van der Waals surface area (Å²) in [6, 6.07) is 0. The first-order valence-corrected chi connectivity index (χ1v) is 11.1. The highest BCUT2D eigenvalue weighted by Gasteiger charge is 2.29. The zero-order valence-corrected chi connectivity index (χ0v) is 17.2. The fourth-order valence-electron chi connectivity index (χ4n) is 4.65. The minimum atomic E-state index is -0.169. The number of rotatable bonds is 7. The van der Waals surface area contributed by atoms with Crippen LogP contribution in [0.15, 0.2) is 0 Å². The second-order valence-corrected chi connectivity index (χ2v) is 9.57. The van der Waals surface area contributed by atoms with E-state index in [1.54, 1.807) is 0 Å². The Morgan fingerprint density at radius 3 is 1.71 bits per heavy atom. The Labute approximate surface area is 137 Å². The highest BCUT2D eigenvalue weighted by molar-refractivity contribution is 6.27. The summed E-state index contributed by atoms with van der Waals surface area (Å²) in [7, 11) is 0.659. The molecule has 0 aromatic heterocycles. The second-order valence-electron chi connectivity index (χ2n) is 7.16. The van der Waals surface area contributed by atoms with Gasteiger partial charge in [0.05, 0.1) is 0 Å². The summed E-state index contributed by atoms with van der Waals surface area (Å²) in [5, 5.41) is 0. The van der Waals surface area contributed by atoms with Crippen molar-refractivity contribution in [2.45, 2.75) is 83.5 Å². The van der Waals surface area contributed by atoms with Crippen molar-refractivity contribution in [2.24, 2.45) is 17.8 Å². The van der Waals surface area contributed by atoms with Gasteiger partial charge in [0.2, 0.25) is 0 Å². The van der Waals surface area contributed by atoms with Gasteiger partial charge in [-0.25, -0.2) is 0 Å². The molecule has 0 amide bonds. The molecule has 2 aliphatic rings. The molecule has 0 atom stereocenters. The van der Waals surface area contributed by atoms with Crippen molar-refractivity contribution in [1.29, 1.82) is 0 Å². The van der Waals surface area contributed by atoms with E-state index in [4.69, 9.17) is 8.54 Å². The van der Waals surface area contributed by atoms with Crippen LogP contribution in [0.3, 0.4) is 0 Å². The van der Waals surface area contributed by atoms with Gasteiger partial charge in [0.15, 0.2) is 0 Å². The van der Waals surface area contributed by atoms with E-state index in [2.05, 4.69) is 0 Å². The Hall–Kier alpha value is 0.354. The third-order valence-corrected chi connectivity index (χ3v) is 6.89. The van der Waals surface area contributed by atoms with Gasteiger partial charge in [-0.05, 0) is 24.2 Å². The summed E-state index contributed by atoms with van der Waals surface area (Å²) >= 11 is 0. The van der Waals surface area contributed by atoms with Gasteiger partial charge in [0, 0.05) is 6.61 Å². The molecule has 0 aromatic carbocycles. The minimum absolute atomic E-state index is 0.169. The molecule has 123 valence electrons. The molecule has 0 heterocycles. The molecule has 0 bridgehead atoms. The van der Waals surface area contributed by atoms with Crippen LogP contribution in [0.25, 0.3) is 0 Å². The summed E-state index contributed by atoms with van der Waals surface area (Å²) in [5.74, 6) is 2.92. The quantitative estimate of drug-likeness (QED) is 0.405. The number of hydrogen-bond acceptors (Lipinski definition) is 2. The van der Waals surface area contributed by atoms with E-state index in [1.807, 2.05) is 0 Å². The van der Waals surface area contributed by atoms with Gasteiger partial charge in [-0.1, -0.05) is 77.0 Å². The first kappa shape index (κ1) is 17.7. The van der Waals surface area contributed by atoms with Crippen molar-refractivity contribution < 1.29 is 8.54 Å². The van der Waals surface area contributed by atoms with Crippen molar-refractivity contribution in [2.75, 3.05) is 6.61 Å². The maximum absolute atomic E-state index is 5.75. The Morgan fingerprint density at radius 2 is 1.29 bits per heavy atom. The van der Waals surface area contributed by atoms with Gasteiger partial charge in [-0.2, -0.15) is 0 Å². The predicted molar refractivity (Wildman–Crippen MR) is 94.6 cm³/mol. The molecule has 0 aliphatic heterocycles. The standard InChI is InChI=1S/C17H35O2Si2/c20-19-21-18-14-13-17(15-9-5-1-2-6-10-15)16-11-7-3-4-8-12-16/h15-17,21H,1-14H2,20H3. The molecule has 21 heavy (non-hydrogen) atoms. The lowest BCUT2D eigenvalue weighted by Crippen LogP contribution is -2.25. The highest BCUT2D eigenvalue weighted by Crippen LogP contribution is 2.40. The lowest BCUT2D eigenvalue weighted by atomic mass is 9.73. The van der Waals surface area contributed by atoms with Gasteiger partial charge in [0.1, 0.15) is 10.5 Å². The molecule has 0 aromatic rings. The molecule has 0 saturated heterocycles. The van der Waals surface area contributed by atoms with Crippen molar-refractivity contribution in [1.82, 2.24) is 0 Å². The molecule has 0 spiro atoms. The van der Waals surface area contributed by atoms with Crippen LogP contribution in [0.1, 0.15) is 83.5 Å². The van der Waals surface area contributed by atoms with Crippen LogP contribution in [0.5, 0.6) is 0 Å². The summed E-state index contributed by atoms with van der Waals surface area (Å²) in [5.41, 5.74) is 0. The topological polar surface area (TPSA) is 18.5 Å². The molecule has 2 aliphatic carbocycles. The van der Waals surface area contributed by atoms with Crippen LogP contribution in [-0.4, -0.2) is 27.1 Å². The first-order chi connectivity index (χ1) is 10.4. The SMILES string of the molecule is [SiH3]O[SiH]OCCC(C1CCCCCC1)C1CCCCCC1.